The lowest BCUT2D eigenvalue weighted by Crippen LogP contribution is -2.44. The number of pyridine rings is 2. The Labute approximate surface area is 192 Å². The van der Waals surface area contributed by atoms with Crippen molar-refractivity contribution in [3.05, 3.63) is 82.0 Å². The van der Waals surface area contributed by atoms with Gasteiger partial charge < -0.3 is 18.9 Å². The van der Waals surface area contributed by atoms with Gasteiger partial charge in [0.25, 0.3) is 5.56 Å². The maximum absolute atomic E-state index is 12.9. The SMILES string of the molecule is CN1CCN(c2cnc3c(c2)c(-c2ccn(Cc4cccc(Cl)c4)c(=O)c2)cn3C)CC1. The minimum absolute atomic E-state index is 0.0392. The van der Waals surface area contributed by atoms with Crippen LogP contribution >= 0.6 is 11.6 Å². The van der Waals surface area contributed by atoms with E-state index in [0.717, 1.165) is 59.6 Å². The van der Waals surface area contributed by atoms with Crippen molar-refractivity contribution in [1.82, 2.24) is 19.0 Å². The van der Waals surface area contributed by atoms with Gasteiger partial charge in [0.15, 0.2) is 0 Å². The first-order valence-corrected chi connectivity index (χ1v) is 11.2. The molecule has 0 spiro atoms. The van der Waals surface area contributed by atoms with Crippen LogP contribution in [0.4, 0.5) is 5.69 Å². The Hall–Kier alpha value is -3.09. The van der Waals surface area contributed by atoms with Gasteiger partial charge in [-0.05, 0) is 42.4 Å². The normalized spacial score (nSPS) is 14.9. The summed E-state index contributed by atoms with van der Waals surface area (Å²) >= 11 is 6.09. The number of piperazine rings is 1. The van der Waals surface area contributed by atoms with Crippen molar-refractivity contribution in [2.24, 2.45) is 7.05 Å². The summed E-state index contributed by atoms with van der Waals surface area (Å²) in [4.78, 5) is 22.3. The topological polar surface area (TPSA) is 46.3 Å². The Morgan fingerprint density at radius 3 is 2.59 bits per heavy atom. The summed E-state index contributed by atoms with van der Waals surface area (Å²) in [7, 11) is 4.15. The molecule has 1 aliphatic heterocycles. The zero-order valence-electron chi connectivity index (χ0n) is 18.3. The van der Waals surface area contributed by atoms with E-state index in [1.165, 1.54) is 0 Å². The van der Waals surface area contributed by atoms with Gasteiger partial charge in [0.05, 0.1) is 18.4 Å². The predicted molar refractivity (Wildman–Crippen MR) is 131 cm³/mol. The molecule has 6 nitrogen and oxygen atoms in total. The second kappa shape index (κ2) is 8.45. The number of aromatic nitrogens is 3. The Kier molecular flexibility index (Phi) is 5.49. The molecule has 1 aliphatic rings. The number of likely N-dealkylation sites (N-methyl/N-ethyl adjacent to an activating group) is 1. The molecule has 32 heavy (non-hydrogen) atoms. The van der Waals surface area contributed by atoms with E-state index >= 15 is 0 Å². The minimum Gasteiger partial charge on any atom is -0.368 e. The Morgan fingerprint density at radius 1 is 1.03 bits per heavy atom. The van der Waals surface area contributed by atoms with E-state index in [9.17, 15) is 4.79 Å². The Balaban J connectivity index is 1.49. The quantitative estimate of drug-likeness (QED) is 0.476. The predicted octanol–water partition coefficient (Wildman–Crippen LogP) is 3.86. The van der Waals surface area contributed by atoms with Crippen LogP contribution in [0.5, 0.6) is 0 Å². The molecule has 3 aromatic heterocycles. The average Bonchev–Trinajstić information content (AvgIpc) is 3.12. The summed E-state index contributed by atoms with van der Waals surface area (Å²) in [6, 6.07) is 13.5. The number of fused-ring (bicyclic) bond motifs is 1. The van der Waals surface area contributed by atoms with Crippen LogP contribution < -0.4 is 10.5 Å². The van der Waals surface area contributed by atoms with Crippen molar-refractivity contribution >= 4 is 28.3 Å². The molecule has 4 aromatic rings. The molecule has 4 heterocycles. The van der Waals surface area contributed by atoms with Crippen LogP contribution in [0.1, 0.15) is 5.56 Å². The molecule has 0 atom stereocenters. The molecule has 5 rings (SSSR count). The summed E-state index contributed by atoms with van der Waals surface area (Å²) in [5.74, 6) is 0. The second-order valence-corrected chi connectivity index (χ2v) is 8.96. The molecule has 7 heteroatoms. The zero-order chi connectivity index (χ0) is 22.2. The van der Waals surface area contributed by atoms with Crippen molar-refractivity contribution in [1.29, 1.82) is 0 Å². The van der Waals surface area contributed by atoms with Crippen LogP contribution in [0.3, 0.4) is 0 Å². The van der Waals surface area contributed by atoms with Crippen LogP contribution in [-0.2, 0) is 13.6 Å². The Morgan fingerprint density at radius 2 is 1.84 bits per heavy atom. The molecule has 0 radical (unpaired) electrons. The third-order valence-electron chi connectivity index (χ3n) is 6.22. The van der Waals surface area contributed by atoms with Gasteiger partial charge in [0.2, 0.25) is 0 Å². The molecule has 164 valence electrons. The van der Waals surface area contributed by atoms with Crippen molar-refractivity contribution in [3.63, 3.8) is 0 Å². The van der Waals surface area contributed by atoms with Crippen molar-refractivity contribution in [2.75, 3.05) is 38.1 Å². The highest BCUT2D eigenvalue weighted by molar-refractivity contribution is 6.30. The van der Waals surface area contributed by atoms with Crippen LogP contribution in [0.25, 0.3) is 22.2 Å². The molecular formula is C25H26ClN5O. The van der Waals surface area contributed by atoms with Crippen LogP contribution in [0.2, 0.25) is 5.02 Å². The van der Waals surface area contributed by atoms with Gasteiger partial charge in [-0.15, -0.1) is 0 Å². The number of hydrogen-bond donors (Lipinski definition) is 0. The summed E-state index contributed by atoms with van der Waals surface area (Å²) in [5, 5.41) is 1.74. The minimum atomic E-state index is -0.0392. The van der Waals surface area contributed by atoms with Crippen LogP contribution in [-0.4, -0.2) is 52.2 Å². The number of benzene rings is 1. The summed E-state index contributed by atoms with van der Waals surface area (Å²) < 4.78 is 3.73. The fourth-order valence-electron chi connectivity index (χ4n) is 4.36. The number of rotatable bonds is 4. The first-order valence-electron chi connectivity index (χ1n) is 10.8. The van der Waals surface area contributed by atoms with Crippen LogP contribution in [0, 0.1) is 0 Å². The first-order chi connectivity index (χ1) is 15.5. The van der Waals surface area contributed by atoms with Gasteiger partial charge in [-0.1, -0.05) is 23.7 Å². The van der Waals surface area contributed by atoms with Gasteiger partial charge in [-0.3, -0.25) is 4.79 Å². The zero-order valence-corrected chi connectivity index (χ0v) is 19.1. The van der Waals surface area contributed by atoms with E-state index in [1.807, 2.05) is 54.3 Å². The van der Waals surface area contributed by atoms with Gasteiger partial charge in [0, 0.05) is 67.7 Å². The number of halogens is 1. The molecule has 1 fully saturated rings. The third kappa shape index (κ3) is 4.04. The molecule has 0 aliphatic carbocycles. The fraction of sp³-hybridized carbons (Fsp3) is 0.280. The average molecular weight is 448 g/mol. The van der Waals surface area contributed by atoms with Gasteiger partial charge in [0.1, 0.15) is 5.65 Å². The van der Waals surface area contributed by atoms with E-state index < -0.39 is 0 Å². The molecular weight excluding hydrogens is 422 g/mol. The summed E-state index contributed by atoms with van der Waals surface area (Å²) in [6.45, 7) is 4.57. The van der Waals surface area contributed by atoms with E-state index in [2.05, 4.69) is 29.1 Å². The number of hydrogen-bond acceptors (Lipinski definition) is 4. The van der Waals surface area contributed by atoms with E-state index in [4.69, 9.17) is 16.6 Å². The van der Waals surface area contributed by atoms with Crippen molar-refractivity contribution in [3.8, 4) is 11.1 Å². The lowest BCUT2D eigenvalue weighted by atomic mass is 10.1. The molecule has 0 unspecified atom stereocenters. The molecule has 1 saturated heterocycles. The number of aryl methyl sites for hydroxylation is 1. The van der Waals surface area contributed by atoms with Gasteiger partial charge >= 0.3 is 0 Å². The summed E-state index contributed by atoms with van der Waals surface area (Å²) in [6.07, 6.45) is 5.87. The first kappa shape index (κ1) is 20.8. The second-order valence-electron chi connectivity index (χ2n) is 8.52. The highest BCUT2D eigenvalue weighted by Gasteiger charge is 2.17. The molecule has 0 amide bonds. The molecule has 0 bridgehead atoms. The maximum Gasteiger partial charge on any atom is 0.251 e. The smallest absolute Gasteiger partial charge is 0.251 e. The summed E-state index contributed by atoms with van der Waals surface area (Å²) in [5.41, 5.74) is 4.94. The lowest BCUT2D eigenvalue weighted by Gasteiger charge is -2.33. The Bertz CT molecular complexity index is 1330. The van der Waals surface area contributed by atoms with Crippen molar-refractivity contribution < 1.29 is 0 Å². The van der Waals surface area contributed by atoms with E-state index in [1.54, 1.807) is 10.6 Å². The van der Waals surface area contributed by atoms with Gasteiger partial charge in [-0.2, -0.15) is 0 Å². The monoisotopic (exact) mass is 447 g/mol. The molecule has 1 aromatic carbocycles. The maximum atomic E-state index is 12.9. The van der Waals surface area contributed by atoms with E-state index in [-0.39, 0.29) is 5.56 Å². The third-order valence-corrected chi connectivity index (χ3v) is 6.45. The standard InChI is InChI=1S/C25H26ClN5O/c1-28-8-10-30(11-9-28)21-14-22-23(17-29(2)25(22)27-15-21)19-6-7-31(24(32)13-19)16-18-4-3-5-20(26)12-18/h3-7,12-15,17H,8-11,16H2,1-2H3. The molecule has 0 N–H and O–H groups in total. The highest BCUT2D eigenvalue weighted by atomic mass is 35.5. The largest absolute Gasteiger partial charge is 0.368 e. The molecule has 0 saturated carbocycles. The number of nitrogens with zero attached hydrogens (tertiary/aromatic N) is 5. The van der Waals surface area contributed by atoms with Crippen LogP contribution in [0.15, 0.2) is 65.8 Å². The highest BCUT2D eigenvalue weighted by Crippen LogP contribution is 2.31. The number of anilines is 1. The lowest BCUT2D eigenvalue weighted by molar-refractivity contribution is 0.313. The van der Waals surface area contributed by atoms with Gasteiger partial charge in [-0.25, -0.2) is 4.98 Å². The van der Waals surface area contributed by atoms with E-state index in [0.29, 0.717) is 11.6 Å². The van der Waals surface area contributed by atoms with Crippen molar-refractivity contribution in [2.45, 2.75) is 6.54 Å². The fourth-order valence-corrected chi connectivity index (χ4v) is 4.57.